The van der Waals surface area contributed by atoms with E-state index in [1.54, 1.807) is 36.4 Å². The van der Waals surface area contributed by atoms with E-state index in [0.717, 1.165) is 0 Å². The molecule has 0 fully saturated rings. The minimum absolute atomic E-state index is 0.00390. The van der Waals surface area contributed by atoms with Crippen molar-refractivity contribution >= 4 is 11.3 Å². The lowest BCUT2D eigenvalue weighted by molar-refractivity contribution is -0.113. The quantitative estimate of drug-likeness (QED) is 0.652. The molecule has 0 bridgehead atoms. The molecule has 4 rings (SSSR count). The number of nitrogens with one attached hydrogen (secondary N) is 1. The summed E-state index contributed by atoms with van der Waals surface area (Å²) >= 11 is 0. The van der Waals surface area contributed by atoms with Crippen LogP contribution < -0.4 is 5.43 Å². The molecular formula is C20H15F6N3O. The number of nitrogens with zero attached hydrogens (tertiary/aromatic N) is 2. The Morgan fingerprint density at radius 3 is 2.30 bits per heavy atom. The second-order valence-electron chi connectivity index (χ2n) is 6.96. The number of fused-ring (bicyclic) bond motifs is 1. The summed E-state index contributed by atoms with van der Waals surface area (Å²) < 4.78 is 80.9. The van der Waals surface area contributed by atoms with Crippen molar-refractivity contribution in [1.82, 2.24) is 10.4 Å². The number of aliphatic hydroxyl groups excluding tert-OH is 1. The molecule has 2 aliphatic heterocycles. The van der Waals surface area contributed by atoms with Crippen molar-refractivity contribution in [2.24, 2.45) is 10.9 Å². The SMILES string of the molecule is OC1=CCC(C2NN3C(C(F)(F)F)=CC(C(F)(F)F)=NC3=C2c2ccccc2)C=C1. The van der Waals surface area contributed by atoms with E-state index in [1.807, 2.05) is 0 Å². The van der Waals surface area contributed by atoms with Crippen LogP contribution in [0.15, 0.2) is 76.9 Å². The van der Waals surface area contributed by atoms with E-state index >= 15 is 0 Å². The number of rotatable bonds is 2. The van der Waals surface area contributed by atoms with Gasteiger partial charge in [0.25, 0.3) is 0 Å². The van der Waals surface area contributed by atoms with Gasteiger partial charge in [0.05, 0.1) is 6.04 Å². The topological polar surface area (TPSA) is 47.9 Å². The summed E-state index contributed by atoms with van der Waals surface area (Å²) in [7, 11) is 0. The third-order valence-electron chi connectivity index (χ3n) is 4.98. The van der Waals surface area contributed by atoms with E-state index in [9.17, 15) is 31.4 Å². The van der Waals surface area contributed by atoms with Gasteiger partial charge in [0.15, 0.2) is 5.82 Å². The summed E-state index contributed by atoms with van der Waals surface area (Å²) in [6.07, 6.45) is -5.27. The van der Waals surface area contributed by atoms with Crippen molar-refractivity contribution in [3.8, 4) is 0 Å². The Morgan fingerprint density at radius 1 is 1.03 bits per heavy atom. The van der Waals surface area contributed by atoms with E-state index in [-0.39, 0.29) is 17.4 Å². The molecule has 4 nitrogen and oxygen atoms in total. The molecule has 0 amide bonds. The molecule has 2 atom stereocenters. The number of halogens is 6. The molecule has 30 heavy (non-hydrogen) atoms. The molecule has 2 unspecified atom stereocenters. The zero-order chi connectivity index (χ0) is 21.7. The zero-order valence-corrected chi connectivity index (χ0v) is 15.2. The number of allylic oxidation sites excluding steroid dienone is 4. The minimum Gasteiger partial charge on any atom is -0.508 e. The number of hydrogen-bond donors (Lipinski definition) is 2. The Bertz CT molecular complexity index is 1000. The Labute approximate surface area is 167 Å². The first-order valence-electron chi connectivity index (χ1n) is 8.93. The van der Waals surface area contributed by atoms with Crippen molar-refractivity contribution in [1.29, 1.82) is 0 Å². The average molecular weight is 427 g/mol. The van der Waals surface area contributed by atoms with E-state index in [1.165, 1.54) is 12.2 Å². The molecule has 1 aromatic rings. The maximum absolute atomic E-state index is 13.6. The van der Waals surface area contributed by atoms with Crippen LogP contribution in [-0.4, -0.2) is 34.2 Å². The van der Waals surface area contributed by atoms with Crippen LogP contribution in [-0.2, 0) is 0 Å². The van der Waals surface area contributed by atoms with Gasteiger partial charge in [-0.1, -0.05) is 36.4 Å². The van der Waals surface area contributed by atoms with Gasteiger partial charge in [-0.25, -0.2) is 10.4 Å². The minimum atomic E-state index is -5.05. The van der Waals surface area contributed by atoms with Crippen LogP contribution >= 0.6 is 0 Å². The highest BCUT2D eigenvalue weighted by atomic mass is 19.4. The number of aliphatic hydroxyl groups is 1. The standard InChI is InChI=1S/C20H15F6N3O/c21-19(22,23)14-10-15(20(24,25)26)29-18(27-14)16(11-4-2-1-3-5-11)17(28-29)12-6-8-13(30)9-7-12/h1-6,8-10,12,17,28,30H,7H2. The first kappa shape index (κ1) is 20.3. The normalized spacial score (nSPS) is 24.5. The molecule has 0 spiro atoms. The molecule has 158 valence electrons. The van der Waals surface area contributed by atoms with E-state index in [2.05, 4.69) is 10.4 Å². The fourth-order valence-corrected chi connectivity index (χ4v) is 3.62. The summed E-state index contributed by atoms with van der Waals surface area (Å²) in [5.74, 6) is -0.835. The second-order valence-corrected chi connectivity index (χ2v) is 6.96. The van der Waals surface area contributed by atoms with Gasteiger partial charge in [0, 0.05) is 11.5 Å². The Balaban J connectivity index is 1.90. The van der Waals surface area contributed by atoms with Gasteiger partial charge in [-0.05, 0) is 30.2 Å². The third kappa shape index (κ3) is 3.62. The first-order chi connectivity index (χ1) is 14.1. The highest BCUT2D eigenvalue weighted by Crippen LogP contribution is 2.44. The number of aliphatic imine (C=N–C) groups is 1. The molecule has 10 heteroatoms. The summed E-state index contributed by atoms with van der Waals surface area (Å²) in [6.45, 7) is 0. The van der Waals surface area contributed by atoms with Gasteiger partial charge in [-0.3, -0.25) is 5.01 Å². The molecule has 0 aromatic heterocycles. The van der Waals surface area contributed by atoms with Crippen LogP contribution in [0.25, 0.3) is 5.57 Å². The van der Waals surface area contributed by atoms with Crippen LogP contribution in [0.4, 0.5) is 26.3 Å². The molecule has 0 saturated carbocycles. The van der Waals surface area contributed by atoms with Gasteiger partial charge in [-0.2, -0.15) is 26.3 Å². The van der Waals surface area contributed by atoms with Crippen LogP contribution in [0.2, 0.25) is 0 Å². The maximum Gasteiger partial charge on any atom is 0.433 e. The van der Waals surface area contributed by atoms with Crippen molar-refractivity contribution in [3.05, 3.63) is 77.5 Å². The number of hydrogen-bond acceptors (Lipinski definition) is 4. The Morgan fingerprint density at radius 2 is 1.73 bits per heavy atom. The highest BCUT2D eigenvalue weighted by molar-refractivity contribution is 6.02. The van der Waals surface area contributed by atoms with Crippen molar-refractivity contribution in [2.45, 2.75) is 24.8 Å². The van der Waals surface area contributed by atoms with Crippen molar-refractivity contribution in [3.63, 3.8) is 0 Å². The smallest absolute Gasteiger partial charge is 0.433 e. The largest absolute Gasteiger partial charge is 0.508 e. The van der Waals surface area contributed by atoms with Gasteiger partial charge >= 0.3 is 12.4 Å². The molecule has 0 saturated heterocycles. The lowest BCUT2D eigenvalue weighted by Gasteiger charge is -2.30. The molecular weight excluding hydrogens is 412 g/mol. The Kier molecular flexibility index (Phi) is 4.76. The average Bonchev–Trinajstić information content (AvgIpc) is 3.06. The van der Waals surface area contributed by atoms with E-state index < -0.39 is 41.5 Å². The zero-order valence-electron chi connectivity index (χ0n) is 15.2. The fraction of sp³-hybridized carbons (Fsp3) is 0.250. The molecule has 3 aliphatic rings. The fourth-order valence-electron chi connectivity index (χ4n) is 3.62. The van der Waals surface area contributed by atoms with Crippen LogP contribution in [0.1, 0.15) is 12.0 Å². The number of hydrazine groups is 1. The molecule has 1 aliphatic carbocycles. The summed E-state index contributed by atoms with van der Waals surface area (Å²) in [5, 5.41) is 10.1. The van der Waals surface area contributed by atoms with Crippen LogP contribution in [0.5, 0.6) is 0 Å². The molecule has 1 aromatic carbocycles. The lowest BCUT2D eigenvalue weighted by atomic mass is 9.85. The third-order valence-corrected chi connectivity index (χ3v) is 4.98. The van der Waals surface area contributed by atoms with Gasteiger partial charge in [0.2, 0.25) is 0 Å². The summed E-state index contributed by atoms with van der Waals surface area (Å²) in [4.78, 5) is 3.57. The highest BCUT2D eigenvalue weighted by Gasteiger charge is 2.50. The van der Waals surface area contributed by atoms with Crippen molar-refractivity contribution < 1.29 is 31.4 Å². The maximum atomic E-state index is 13.6. The lowest BCUT2D eigenvalue weighted by Crippen LogP contribution is -2.45. The van der Waals surface area contributed by atoms with Crippen LogP contribution in [0.3, 0.4) is 0 Å². The van der Waals surface area contributed by atoms with Gasteiger partial charge in [0.1, 0.15) is 17.2 Å². The van der Waals surface area contributed by atoms with Gasteiger partial charge < -0.3 is 5.11 Å². The van der Waals surface area contributed by atoms with Crippen LogP contribution in [0, 0.1) is 5.92 Å². The van der Waals surface area contributed by atoms with E-state index in [0.29, 0.717) is 17.0 Å². The molecule has 2 N–H and O–H groups in total. The monoisotopic (exact) mass is 427 g/mol. The van der Waals surface area contributed by atoms with E-state index in [4.69, 9.17) is 0 Å². The predicted octanol–water partition coefficient (Wildman–Crippen LogP) is 5.03. The molecule has 2 heterocycles. The van der Waals surface area contributed by atoms with Crippen molar-refractivity contribution in [2.75, 3.05) is 0 Å². The predicted molar refractivity (Wildman–Crippen MR) is 97.7 cm³/mol. The summed E-state index contributed by atoms with van der Waals surface area (Å²) in [6, 6.07) is 7.40. The second kappa shape index (κ2) is 7.05. The number of alkyl halides is 6. The number of benzene rings is 1. The Hall–Kier alpha value is -3.01. The molecule has 0 radical (unpaired) electrons. The van der Waals surface area contributed by atoms with Gasteiger partial charge in [-0.15, -0.1) is 0 Å². The summed E-state index contributed by atoms with van der Waals surface area (Å²) in [5.41, 5.74) is 0.252. The first-order valence-corrected chi connectivity index (χ1v) is 8.93.